The van der Waals surface area contributed by atoms with E-state index in [-0.39, 0.29) is 5.69 Å². The third kappa shape index (κ3) is 4.69. The first-order valence-electron chi connectivity index (χ1n) is 7.15. The quantitative estimate of drug-likeness (QED) is 0.682. The molecule has 0 saturated carbocycles. The minimum absolute atomic E-state index is 0.119. The van der Waals surface area contributed by atoms with E-state index in [9.17, 15) is 4.79 Å². The molecule has 1 rings (SSSR count). The van der Waals surface area contributed by atoms with Crippen LogP contribution in [-0.2, 0) is 6.54 Å². The monoisotopic (exact) mass is 286 g/mol. The van der Waals surface area contributed by atoms with Crippen molar-refractivity contribution in [2.45, 2.75) is 58.3 Å². The van der Waals surface area contributed by atoms with Crippen molar-refractivity contribution in [2.75, 3.05) is 12.3 Å². The first-order chi connectivity index (χ1) is 9.13. The first-order valence-corrected chi connectivity index (χ1v) is 8.13. The van der Waals surface area contributed by atoms with Crippen LogP contribution in [0.5, 0.6) is 0 Å². The van der Waals surface area contributed by atoms with Gasteiger partial charge in [-0.15, -0.1) is 5.10 Å². The molecule has 1 heterocycles. The molecule has 0 amide bonds. The zero-order valence-electron chi connectivity index (χ0n) is 12.4. The van der Waals surface area contributed by atoms with E-state index in [0.717, 1.165) is 30.3 Å². The fraction of sp³-hybridized carbons (Fsp3) is 0.846. The lowest BCUT2D eigenvalue weighted by molar-refractivity contribution is 0.396. The van der Waals surface area contributed by atoms with E-state index in [1.807, 2.05) is 6.92 Å². The lowest BCUT2D eigenvalue weighted by Crippen LogP contribution is -2.37. The van der Waals surface area contributed by atoms with Gasteiger partial charge in [-0.3, -0.25) is 4.57 Å². The molecular formula is C13H26N4OS. The molecule has 110 valence electrons. The molecule has 0 aliphatic heterocycles. The molecule has 0 spiro atoms. The summed E-state index contributed by atoms with van der Waals surface area (Å²) in [4.78, 5) is 11.5. The SMILES string of the molecule is CCCNC(CSc1n[nH]c(=O)n1CC)C(C)CC. The Bertz CT molecular complexity index is 415. The lowest BCUT2D eigenvalue weighted by atomic mass is 10.0. The van der Waals surface area contributed by atoms with Gasteiger partial charge in [0.05, 0.1) is 0 Å². The number of nitrogens with zero attached hydrogens (tertiary/aromatic N) is 2. The van der Waals surface area contributed by atoms with Crippen molar-refractivity contribution >= 4 is 11.8 Å². The Morgan fingerprint density at radius 2 is 2.16 bits per heavy atom. The van der Waals surface area contributed by atoms with Gasteiger partial charge in [0.15, 0.2) is 5.16 Å². The summed E-state index contributed by atoms with van der Waals surface area (Å²) in [6.45, 7) is 10.3. The van der Waals surface area contributed by atoms with Crippen LogP contribution >= 0.6 is 11.8 Å². The minimum atomic E-state index is -0.119. The number of thioether (sulfide) groups is 1. The highest BCUT2D eigenvalue weighted by Gasteiger charge is 2.17. The average Bonchev–Trinajstić information content (AvgIpc) is 2.78. The van der Waals surface area contributed by atoms with Crippen LogP contribution in [-0.4, -0.2) is 33.1 Å². The second-order valence-corrected chi connectivity index (χ2v) is 5.80. The molecule has 5 nitrogen and oxygen atoms in total. The van der Waals surface area contributed by atoms with E-state index in [1.165, 1.54) is 0 Å². The summed E-state index contributed by atoms with van der Waals surface area (Å²) in [7, 11) is 0. The van der Waals surface area contributed by atoms with Crippen molar-refractivity contribution in [3.63, 3.8) is 0 Å². The molecule has 1 aromatic rings. The van der Waals surface area contributed by atoms with Crippen LogP contribution in [0.3, 0.4) is 0 Å². The largest absolute Gasteiger partial charge is 0.343 e. The topological polar surface area (TPSA) is 62.7 Å². The molecule has 0 aliphatic rings. The molecule has 0 aromatic carbocycles. The Morgan fingerprint density at radius 3 is 2.74 bits per heavy atom. The number of hydrogen-bond acceptors (Lipinski definition) is 4. The van der Waals surface area contributed by atoms with E-state index in [1.54, 1.807) is 16.3 Å². The number of H-pyrrole nitrogens is 1. The van der Waals surface area contributed by atoms with Gasteiger partial charge in [-0.2, -0.15) is 0 Å². The second-order valence-electron chi connectivity index (χ2n) is 4.81. The standard InChI is InChI=1S/C13H26N4OS/c1-5-8-14-11(10(4)6-2)9-19-13-16-15-12(18)17(13)7-3/h10-11,14H,5-9H2,1-4H3,(H,15,18). The van der Waals surface area contributed by atoms with Crippen LogP contribution in [0.15, 0.2) is 9.95 Å². The molecule has 19 heavy (non-hydrogen) atoms. The van der Waals surface area contributed by atoms with Crippen molar-refractivity contribution in [3.05, 3.63) is 10.5 Å². The molecule has 0 fully saturated rings. The normalized spacial score (nSPS) is 14.5. The van der Waals surface area contributed by atoms with Gasteiger partial charge in [0.2, 0.25) is 0 Å². The molecule has 0 aliphatic carbocycles. The van der Waals surface area contributed by atoms with E-state index in [2.05, 4.69) is 36.3 Å². The maximum Gasteiger partial charge on any atom is 0.343 e. The smallest absolute Gasteiger partial charge is 0.313 e. The Hall–Kier alpha value is -0.750. The molecule has 0 bridgehead atoms. The summed E-state index contributed by atoms with van der Waals surface area (Å²) in [6, 6.07) is 0.465. The molecule has 2 unspecified atom stereocenters. The summed E-state index contributed by atoms with van der Waals surface area (Å²) in [6.07, 6.45) is 2.29. The predicted octanol–water partition coefficient (Wildman–Crippen LogP) is 2.10. The minimum Gasteiger partial charge on any atom is -0.313 e. The number of rotatable bonds is 9. The summed E-state index contributed by atoms with van der Waals surface area (Å²) < 4.78 is 1.68. The molecular weight excluding hydrogens is 260 g/mol. The number of aromatic amines is 1. The van der Waals surface area contributed by atoms with Crippen molar-refractivity contribution in [3.8, 4) is 0 Å². The first kappa shape index (κ1) is 16.3. The van der Waals surface area contributed by atoms with Gasteiger partial charge in [0.1, 0.15) is 0 Å². The summed E-state index contributed by atoms with van der Waals surface area (Å²) in [5.74, 6) is 1.57. The second kappa shape index (κ2) is 8.43. The van der Waals surface area contributed by atoms with Gasteiger partial charge >= 0.3 is 5.69 Å². The highest BCUT2D eigenvalue weighted by Crippen LogP contribution is 2.19. The highest BCUT2D eigenvalue weighted by atomic mass is 32.2. The van der Waals surface area contributed by atoms with Crippen LogP contribution < -0.4 is 11.0 Å². The van der Waals surface area contributed by atoms with Gasteiger partial charge in [0.25, 0.3) is 0 Å². The van der Waals surface area contributed by atoms with E-state index >= 15 is 0 Å². The lowest BCUT2D eigenvalue weighted by Gasteiger charge is -2.23. The Labute approximate surface area is 119 Å². The summed E-state index contributed by atoms with van der Waals surface area (Å²) in [5, 5.41) is 11.0. The molecule has 1 aromatic heterocycles. The maximum atomic E-state index is 11.5. The van der Waals surface area contributed by atoms with Crippen molar-refractivity contribution in [1.82, 2.24) is 20.1 Å². The van der Waals surface area contributed by atoms with Crippen molar-refractivity contribution < 1.29 is 0 Å². The van der Waals surface area contributed by atoms with E-state index in [0.29, 0.717) is 18.5 Å². The zero-order valence-corrected chi connectivity index (χ0v) is 13.2. The number of aromatic nitrogens is 3. The Balaban J connectivity index is 2.61. The van der Waals surface area contributed by atoms with Crippen LogP contribution in [0.25, 0.3) is 0 Å². The third-order valence-electron chi connectivity index (χ3n) is 3.42. The van der Waals surface area contributed by atoms with Gasteiger partial charge in [-0.25, -0.2) is 9.89 Å². The average molecular weight is 286 g/mol. The van der Waals surface area contributed by atoms with Crippen LogP contribution in [0, 0.1) is 5.92 Å². The Kier molecular flexibility index (Phi) is 7.23. The van der Waals surface area contributed by atoms with Gasteiger partial charge in [-0.1, -0.05) is 39.0 Å². The van der Waals surface area contributed by atoms with Crippen LogP contribution in [0.2, 0.25) is 0 Å². The maximum absolute atomic E-state index is 11.5. The van der Waals surface area contributed by atoms with E-state index in [4.69, 9.17) is 0 Å². The van der Waals surface area contributed by atoms with Gasteiger partial charge in [-0.05, 0) is 25.8 Å². The van der Waals surface area contributed by atoms with Crippen molar-refractivity contribution in [1.29, 1.82) is 0 Å². The molecule has 0 saturated heterocycles. The molecule has 2 N–H and O–H groups in total. The molecule has 0 radical (unpaired) electrons. The fourth-order valence-electron chi connectivity index (χ4n) is 1.90. The molecule has 2 atom stereocenters. The van der Waals surface area contributed by atoms with Gasteiger partial charge in [0, 0.05) is 18.3 Å². The van der Waals surface area contributed by atoms with Crippen molar-refractivity contribution in [2.24, 2.45) is 5.92 Å². The number of nitrogens with one attached hydrogen (secondary N) is 2. The summed E-state index contributed by atoms with van der Waals surface area (Å²) >= 11 is 1.65. The third-order valence-corrected chi connectivity index (χ3v) is 4.51. The fourth-order valence-corrected chi connectivity index (χ4v) is 3.15. The zero-order chi connectivity index (χ0) is 14.3. The van der Waals surface area contributed by atoms with E-state index < -0.39 is 0 Å². The summed E-state index contributed by atoms with van der Waals surface area (Å²) in [5.41, 5.74) is -0.119. The van der Waals surface area contributed by atoms with Crippen LogP contribution in [0.1, 0.15) is 40.5 Å². The highest BCUT2D eigenvalue weighted by molar-refractivity contribution is 7.99. The van der Waals surface area contributed by atoms with Gasteiger partial charge < -0.3 is 5.32 Å². The predicted molar refractivity (Wildman–Crippen MR) is 80.8 cm³/mol. The molecule has 6 heteroatoms. The number of hydrogen-bond donors (Lipinski definition) is 2. The van der Waals surface area contributed by atoms with Crippen LogP contribution in [0.4, 0.5) is 0 Å². The Morgan fingerprint density at radius 1 is 1.42 bits per heavy atom.